The summed E-state index contributed by atoms with van der Waals surface area (Å²) in [6.45, 7) is 13.3. The Morgan fingerprint density at radius 3 is 2.67 bits per heavy atom. The summed E-state index contributed by atoms with van der Waals surface area (Å²) in [6, 6.07) is 0. The van der Waals surface area contributed by atoms with Crippen molar-refractivity contribution < 1.29 is 26.9 Å². The fourth-order valence-corrected chi connectivity index (χ4v) is 4.83. The highest BCUT2D eigenvalue weighted by atomic mass is 19.4. The van der Waals surface area contributed by atoms with Crippen LogP contribution >= 0.6 is 0 Å². The molecule has 1 saturated heterocycles. The van der Waals surface area contributed by atoms with Crippen molar-refractivity contribution in [1.82, 2.24) is 15.0 Å². The summed E-state index contributed by atoms with van der Waals surface area (Å²) in [5.41, 5.74) is -0.508. The van der Waals surface area contributed by atoms with E-state index in [4.69, 9.17) is 6.57 Å². The van der Waals surface area contributed by atoms with Crippen LogP contribution in [0.25, 0.3) is 4.85 Å². The van der Waals surface area contributed by atoms with Crippen LogP contribution in [0.1, 0.15) is 64.6 Å². The van der Waals surface area contributed by atoms with Crippen molar-refractivity contribution in [2.45, 2.75) is 77.8 Å². The number of nitrogens with zero attached hydrogens (tertiary/aromatic N) is 4. The number of rotatable bonds is 5. The van der Waals surface area contributed by atoms with Crippen LogP contribution in [0.4, 0.5) is 17.6 Å². The van der Waals surface area contributed by atoms with E-state index in [1.165, 1.54) is 4.90 Å². The average Bonchev–Trinajstić information content (AvgIpc) is 3.33. The third kappa shape index (κ3) is 4.16. The molecule has 10 heteroatoms. The van der Waals surface area contributed by atoms with Crippen LogP contribution < -0.4 is 0 Å². The van der Waals surface area contributed by atoms with Gasteiger partial charge in [-0.3, -0.25) is 14.5 Å². The smallest absolute Gasteiger partial charge is 0.329 e. The molecule has 2 fully saturated rings. The SMILES string of the molecule is [C-]#[N+][C@@H]1C[C@H](F)CN1C(=O)CC[C@@]1(C)CC[C@@H](Cc2noc(C(F)(F)F)n2)C1(C)C. The van der Waals surface area contributed by atoms with Gasteiger partial charge in [-0.05, 0) is 36.0 Å². The second-order valence-electron chi connectivity index (χ2n) is 9.22. The predicted octanol–water partition coefficient (Wildman–Crippen LogP) is 4.67. The van der Waals surface area contributed by atoms with Crippen LogP contribution in [0.5, 0.6) is 0 Å². The zero-order valence-corrected chi connectivity index (χ0v) is 17.3. The van der Waals surface area contributed by atoms with E-state index >= 15 is 0 Å². The van der Waals surface area contributed by atoms with E-state index in [1.54, 1.807) is 0 Å². The van der Waals surface area contributed by atoms with E-state index in [9.17, 15) is 22.4 Å². The van der Waals surface area contributed by atoms with Crippen molar-refractivity contribution >= 4 is 5.91 Å². The maximum Gasteiger partial charge on any atom is 0.471 e. The molecule has 3 rings (SSSR count). The highest BCUT2D eigenvalue weighted by Crippen LogP contribution is 2.59. The van der Waals surface area contributed by atoms with Gasteiger partial charge in [-0.15, -0.1) is 0 Å². The molecular weight excluding hydrogens is 404 g/mol. The van der Waals surface area contributed by atoms with E-state index in [0.29, 0.717) is 6.42 Å². The second kappa shape index (κ2) is 7.82. The third-order valence-electron chi connectivity index (χ3n) is 7.34. The zero-order valence-electron chi connectivity index (χ0n) is 17.3. The van der Waals surface area contributed by atoms with Gasteiger partial charge in [0.2, 0.25) is 5.91 Å². The van der Waals surface area contributed by atoms with Crippen LogP contribution in [0.3, 0.4) is 0 Å². The number of hydrogen-bond donors (Lipinski definition) is 0. The van der Waals surface area contributed by atoms with Gasteiger partial charge in [0.05, 0.1) is 13.0 Å². The Hall–Kier alpha value is -2.18. The summed E-state index contributed by atoms with van der Waals surface area (Å²) in [5.74, 6) is -1.49. The lowest BCUT2D eigenvalue weighted by Gasteiger charge is -2.42. The van der Waals surface area contributed by atoms with Crippen LogP contribution in [0, 0.1) is 23.3 Å². The first-order valence-electron chi connectivity index (χ1n) is 10.1. The molecule has 0 bridgehead atoms. The number of carbonyl (C=O) groups excluding carboxylic acids is 1. The number of alkyl halides is 4. The van der Waals surface area contributed by atoms with Crippen molar-refractivity contribution in [3.63, 3.8) is 0 Å². The molecule has 0 N–H and O–H groups in total. The molecule has 1 aliphatic carbocycles. The van der Waals surface area contributed by atoms with Crippen LogP contribution in [0.15, 0.2) is 4.52 Å². The predicted molar refractivity (Wildman–Crippen MR) is 98.5 cm³/mol. The molecule has 6 nitrogen and oxygen atoms in total. The standard InChI is InChI=1S/C20H26F4N4O2/c1-18(2)12(9-14-26-17(30-27-14)20(22,23)24)5-7-19(18,3)8-6-16(29)28-11-13(21)10-15(28)25-4/h12-13,15H,5-11H2,1-3H3/t12-,13-,15-,19+/m0/s1. The lowest BCUT2D eigenvalue weighted by molar-refractivity contribution is -0.159. The normalized spacial score (nSPS) is 31.1. The molecule has 0 radical (unpaired) electrons. The van der Waals surface area contributed by atoms with Crippen molar-refractivity contribution in [3.8, 4) is 0 Å². The van der Waals surface area contributed by atoms with Gasteiger partial charge in [0.25, 0.3) is 0 Å². The topological polar surface area (TPSA) is 63.6 Å². The molecule has 4 atom stereocenters. The minimum atomic E-state index is -4.66. The zero-order chi connectivity index (χ0) is 22.3. The molecule has 2 aliphatic rings. The summed E-state index contributed by atoms with van der Waals surface area (Å²) in [4.78, 5) is 20.8. The maximum atomic E-state index is 13.6. The quantitative estimate of drug-likeness (QED) is 0.503. The third-order valence-corrected chi connectivity index (χ3v) is 7.34. The largest absolute Gasteiger partial charge is 0.471 e. The van der Waals surface area contributed by atoms with E-state index in [1.807, 2.05) is 0 Å². The maximum absolute atomic E-state index is 13.6. The molecule has 0 spiro atoms. The monoisotopic (exact) mass is 430 g/mol. The number of carbonyl (C=O) groups is 1. The molecule has 1 aromatic heterocycles. The number of hydrogen-bond acceptors (Lipinski definition) is 4. The molecule has 1 saturated carbocycles. The first-order chi connectivity index (χ1) is 13.9. The van der Waals surface area contributed by atoms with E-state index in [0.717, 1.165) is 12.8 Å². The Labute approximate surface area is 172 Å². The van der Waals surface area contributed by atoms with Gasteiger partial charge in [0.1, 0.15) is 6.17 Å². The number of halogens is 4. The molecule has 1 aliphatic heterocycles. The number of amides is 1. The van der Waals surface area contributed by atoms with E-state index < -0.39 is 24.4 Å². The van der Waals surface area contributed by atoms with Crippen molar-refractivity contribution in [2.75, 3.05) is 6.54 Å². The summed E-state index contributed by atoms with van der Waals surface area (Å²) in [7, 11) is 0. The first-order valence-corrected chi connectivity index (χ1v) is 10.1. The molecule has 0 aromatic carbocycles. The number of likely N-dealkylation sites (tertiary alicyclic amines) is 1. The lowest BCUT2D eigenvalue weighted by atomic mass is 9.63. The van der Waals surface area contributed by atoms with E-state index in [2.05, 4.69) is 40.3 Å². The Morgan fingerprint density at radius 1 is 1.37 bits per heavy atom. The highest BCUT2D eigenvalue weighted by Gasteiger charge is 2.52. The van der Waals surface area contributed by atoms with Gasteiger partial charge < -0.3 is 4.52 Å². The van der Waals surface area contributed by atoms with Crippen LogP contribution in [-0.4, -0.2) is 39.8 Å². The molecule has 30 heavy (non-hydrogen) atoms. The summed E-state index contributed by atoms with van der Waals surface area (Å²) >= 11 is 0. The van der Waals surface area contributed by atoms with Crippen LogP contribution in [0.2, 0.25) is 0 Å². The molecule has 1 aromatic rings. The van der Waals surface area contributed by atoms with Crippen molar-refractivity contribution in [3.05, 3.63) is 23.1 Å². The van der Waals surface area contributed by atoms with E-state index in [-0.39, 0.29) is 54.3 Å². The summed E-state index contributed by atoms with van der Waals surface area (Å²) < 4.78 is 56.0. The Morgan fingerprint density at radius 2 is 2.07 bits per heavy atom. The minimum absolute atomic E-state index is 0.0338. The van der Waals surface area contributed by atoms with Gasteiger partial charge in [-0.2, -0.15) is 18.2 Å². The summed E-state index contributed by atoms with van der Waals surface area (Å²) in [6.07, 6.45) is -3.87. The van der Waals surface area contributed by atoms with Gasteiger partial charge >= 0.3 is 18.2 Å². The van der Waals surface area contributed by atoms with Crippen LogP contribution in [-0.2, 0) is 17.4 Å². The molecule has 166 valence electrons. The fourth-order valence-electron chi connectivity index (χ4n) is 4.83. The second-order valence-corrected chi connectivity index (χ2v) is 9.22. The van der Waals surface area contributed by atoms with Gasteiger partial charge in [-0.1, -0.05) is 25.9 Å². The Balaban J connectivity index is 1.63. The van der Waals surface area contributed by atoms with Gasteiger partial charge in [-0.25, -0.2) is 11.0 Å². The molecule has 1 amide bonds. The molecule has 0 unspecified atom stereocenters. The fraction of sp³-hybridized carbons (Fsp3) is 0.800. The minimum Gasteiger partial charge on any atom is -0.329 e. The first kappa shape index (κ1) is 22.5. The Kier molecular flexibility index (Phi) is 5.87. The van der Waals surface area contributed by atoms with Crippen molar-refractivity contribution in [2.24, 2.45) is 16.7 Å². The summed E-state index contributed by atoms with van der Waals surface area (Å²) in [5, 5.41) is 3.48. The molecular formula is C20H26F4N4O2. The van der Waals surface area contributed by atoms with Crippen molar-refractivity contribution in [1.29, 1.82) is 0 Å². The molecule has 2 heterocycles. The van der Waals surface area contributed by atoms with Gasteiger partial charge in [0, 0.05) is 12.8 Å². The van der Waals surface area contributed by atoms with Gasteiger partial charge in [0.15, 0.2) is 5.82 Å². The number of aromatic nitrogens is 2. The Bertz CT molecular complexity index is 832. The average molecular weight is 430 g/mol. The lowest BCUT2D eigenvalue weighted by Crippen LogP contribution is -2.38. The highest BCUT2D eigenvalue weighted by molar-refractivity contribution is 5.77.